The minimum Gasteiger partial charge on any atom is -0.287 e. The van der Waals surface area contributed by atoms with Gasteiger partial charge < -0.3 is 0 Å². The van der Waals surface area contributed by atoms with Crippen LogP contribution in [0.5, 0.6) is 0 Å². The molecule has 0 aliphatic heterocycles. The SMILES string of the molecule is CC(C)=N/N=C(/C(=O)c1ccccc1)c1ccccc1. The Morgan fingerprint density at radius 3 is 1.75 bits per heavy atom. The summed E-state index contributed by atoms with van der Waals surface area (Å²) in [6, 6.07) is 18.5. The molecule has 0 amide bonds. The zero-order chi connectivity index (χ0) is 14.4. The molecule has 0 aromatic heterocycles. The molecule has 0 unspecified atom stereocenters. The monoisotopic (exact) mass is 264 g/mol. The smallest absolute Gasteiger partial charge is 0.213 e. The number of carbonyl (C=O) groups is 1. The van der Waals surface area contributed by atoms with Gasteiger partial charge in [0.2, 0.25) is 5.78 Å². The van der Waals surface area contributed by atoms with E-state index in [1.54, 1.807) is 12.1 Å². The molecule has 2 aromatic carbocycles. The molecule has 2 aromatic rings. The van der Waals surface area contributed by atoms with Gasteiger partial charge in [-0.3, -0.25) is 4.79 Å². The van der Waals surface area contributed by atoms with Gasteiger partial charge in [0, 0.05) is 16.8 Å². The standard InChI is InChI=1S/C17H16N2O/c1-13(2)18-19-16(14-9-5-3-6-10-14)17(20)15-11-7-4-8-12-15/h3-12H,1-2H3/b19-16+. The first-order valence-corrected chi connectivity index (χ1v) is 6.42. The molecule has 0 aliphatic carbocycles. The number of hydrogen-bond donors (Lipinski definition) is 0. The van der Waals surface area contributed by atoms with Gasteiger partial charge in [0.15, 0.2) is 0 Å². The van der Waals surface area contributed by atoms with E-state index in [9.17, 15) is 4.79 Å². The van der Waals surface area contributed by atoms with Crippen LogP contribution in [0.15, 0.2) is 70.9 Å². The van der Waals surface area contributed by atoms with Gasteiger partial charge in [0.25, 0.3) is 0 Å². The van der Waals surface area contributed by atoms with Gasteiger partial charge in [-0.1, -0.05) is 60.7 Å². The van der Waals surface area contributed by atoms with E-state index < -0.39 is 0 Å². The number of hydrogen-bond acceptors (Lipinski definition) is 3. The Hall–Kier alpha value is -2.55. The van der Waals surface area contributed by atoms with Crippen LogP contribution in [0.4, 0.5) is 0 Å². The Kier molecular flexibility index (Phi) is 4.56. The van der Waals surface area contributed by atoms with Crippen LogP contribution in [-0.2, 0) is 0 Å². The van der Waals surface area contributed by atoms with Crippen molar-refractivity contribution < 1.29 is 4.79 Å². The minimum absolute atomic E-state index is 0.123. The first kappa shape index (κ1) is 13.9. The summed E-state index contributed by atoms with van der Waals surface area (Å²) in [4.78, 5) is 12.6. The number of Topliss-reactive ketones (excluding diaryl/α,β-unsaturated/α-hetero) is 1. The average Bonchev–Trinajstić information content (AvgIpc) is 2.49. The van der Waals surface area contributed by atoms with Crippen molar-refractivity contribution in [2.24, 2.45) is 10.2 Å². The topological polar surface area (TPSA) is 41.8 Å². The van der Waals surface area contributed by atoms with Crippen LogP contribution in [0.3, 0.4) is 0 Å². The molecule has 0 fully saturated rings. The molecule has 0 aliphatic rings. The van der Waals surface area contributed by atoms with E-state index in [1.807, 2.05) is 62.4 Å². The summed E-state index contributed by atoms with van der Waals surface area (Å²) < 4.78 is 0. The maximum Gasteiger partial charge on any atom is 0.213 e. The van der Waals surface area contributed by atoms with Crippen molar-refractivity contribution in [1.29, 1.82) is 0 Å². The number of nitrogens with zero attached hydrogens (tertiary/aromatic N) is 2. The van der Waals surface area contributed by atoms with E-state index in [1.165, 1.54) is 0 Å². The van der Waals surface area contributed by atoms with Crippen LogP contribution in [0, 0.1) is 0 Å². The second-order valence-corrected chi connectivity index (χ2v) is 4.56. The Morgan fingerprint density at radius 2 is 1.25 bits per heavy atom. The van der Waals surface area contributed by atoms with Crippen molar-refractivity contribution >= 4 is 17.2 Å². The van der Waals surface area contributed by atoms with Gasteiger partial charge in [-0.05, 0) is 13.8 Å². The van der Waals surface area contributed by atoms with Gasteiger partial charge >= 0.3 is 0 Å². The lowest BCUT2D eigenvalue weighted by molar-refractivity contribution is 0.106. The first-order chi connectivity index (χ1) is 9.68. The molecule has 2 rings (SSSR count). The normalized spacial score (nSPS) is 11.0. The van der Waals surface area contributed by atoms with E-state index in [0.717, 1.165) is 11.3 Å². The summed E-state index contributed by atoms with van der Waals surface area (Å²) in [5, 5.41) is 8.16. The highest BCUT2D eigenvalue weighted by Crippen LogP contribution is 2.09. The van der Waals surface area contributed by atoms with E-state index >= 15 is 0 Å². The minimum atomic E-state index is -0.123. The van der Waals surface area contributed by atoms with Crippen molar-refractivity contribution in [1.82, 2.24) is 0 Å². The fourth-order valence-corrected chi connectivity index (χ4v) is 1.71. The van der Waals surface area contributed by atoms with Crippen molar-refractivity contribution in [2.45, 2.75) is 13.8 Å². The average molecular weight is 264 g/mol. The summed E-state index contributed by atoms with van der Waals surface area (Å²) in [5.41, 5.74) is 2.54. The third kappa shape index (κ3) is 3.48. The summed E-state index contributed by atoms with van der Waals surface area (Å²) >= 11 is 0. The second-order valence-electron chi connectivity index (χ2n) is 4.56. The lowest BCUT2D eigenvalue weighted by atomic mass is 10.0. The molecule has 3 nitrogen and oxygen atoms in total. The largest absolute Gasteiger partial charge is 0.287 e. The first-order valence-electron chi connectivity index (χ1n) is 6.42. The number of benzene rings is 2. The van der Waals surface area contributed by atoms with Crippen molar-refractivity contribution in [3.05, 3.63) is 71.8 Å². The molecular weight excluding hydrogens is 248 g/mol. The predicted octanol–water partition coefficient (Wildman–Crippen LogP) is 3.75. The Labute approximate surface area is 118 Å². The van der Waals surface area contributed by atoms with E-state index in [4.69, 9.17) is 0 Å². The van der Waals surface area contributed by atoms with Crippen LogP contribution >= 0.6 is 0 Å². The Bertz CT molecular complexity index is 639. The maximum atomic E-state index is 12.6. The number of carbonyl (C=O) groups excluding carboxylic acids is 1. The highest BCUT2D eigenvalue weighted by molar-refractivity contribution is 6.51. The quantitative estimate of drug-likeness (QED) is 0.471. The Balaban J connectivity index is 2.46. The van der Waals surface area contributed by atoms with E-state index in [0.29, 0.717) is 11.3 Å². The lowest BCUT2D eigenvalue weighted by Crippen LogP contribution is -2.15. The molecule has 20 heavy (non-hydrogen) atoms. The maximum absolute atomic E-state index is 12.6. The molecular formula is C17H16N2O. The van der Waals surface area contributed by atoms with Crippen LogP contribution in [0.1, 0.15) is 29.8 Å². The molecule has 0 N–H and O–H groups in total. The van der Waals surface area contributed by atoms with Crippen LogP contribution < -0.4 is 0 Å². The molecule has 0 spiro atoms. The van der Waals surface area contributed by atoms with E-state index in [2.05, 4.69) is 10.2 Å². The molecule has 0 radical (unpaired) electrons. The van der Waals surface area contributed by atoms with Crippen molar-refractivity contribution in [3.63, 3.8) is 0 Å². The molecule has 100 valence electrons. The van der Waals surface area contributed by atoms with Gasteiger partial charge in [-0.2, -0.15) is 5.10 Å². The van der Waals surface area contributed by atoms with Crippen molar-refractivity contribution in [2.75, 3.05) is 0 Å². The summed E-state index contributed by atoms with van der Waals surface area (Å²) in [5.74, 6) is -0.123. The zero-order valence-corrected chi connectivity index (χ0v) is 11.6. The molecule has 3 heteroatoms. The fourth-order valence-electron chi connectivity index (χ4n) is 1.71. The Morgan fingerprint density at radius 1 is 0.750 bits per heavy atom. The molecule has 0 heterocycles. The third-order valence-corrected chi connectivity index (χ3v) is 2.65. The highest BCUT2D eigenvalue weighted by Gasteiger charge is 2.15. The summed E-state index contributed by atoms with van der Waals surface area (Å²) in [6.45, 7) is 3.69. The third-order valence-electron chi connectivity index (χ3n) is 2.65. The number of ketones is 1. The lowest BCUT2D eigenvalue weighted by Gasteiger charge is -2.04. The van der Waals surface area contributed by atoms with Gasteiger partial charge in [-0.15, -0.1) is 5.10 Å². The zero-order valence-electron chi connectivity index (χ0n) is 11.6. The summed E-state index contributed by atoms with van der Waals surface area (Å²) in [7, 11) is 0. The molecule has 0 saturated carbocycles. The molecule has 0 atom stereocenters. The second kappa shape index (κ2) is 6.57. The van der Waals surface area contributed by atoms with Crippen molar-refractivity contribution in [3.8, 4) is 0 Å². The van der Waals surface area contributed by atoms with Crippen LogP contribution in [0.25, 0.3) is 0 Å². The molecule has 0 saturated heterocycles. The van der Waals surface area contributed by atoms with Crippen LogP contribution in [-0.4, -0.2) is 17.2 Å². The molecule has 0 bridgehead atoms. The summed E-state index contributed by atoms with van der Waals surface area (Å²) in [6.07, 6.45) is 0. The number of rotatable bonds is 4. The van der Waals surface area contributed by atoms with Gasteiger partial charge in [-0.25, -0.2) is 0 Å². The fraction of sp³-hybridized carbons (Fsp3) is 0.118. The highest BCUT2D eigenvalue weighted by atomic mass is 16.1. The van der Waals surface area contributed by atoms with Gasteiger partial charge in [0.05, 0.1) is 0 Å². The van der Waals surface area contributed by atoms with E-state index in [-0.39, 0.29) is 5.78 Å². The van der Waals surface area contributed by atoms with Crippen LogP contribution in [0.2, 0.25) is 0 Å². The van der Waals surface area contributed by atoms with Gasteiger partial charge in [0.1, 0.15) is 5.71 Å². The predicted molar refractivity (Wildman–Crippen MR) is 82.5 cm³/mol.